The van der Waals surface area contributed by atoms with E-state index in [9.17, 15) is 30.0 Å². The summed E-state index contributed by atoms with van der Waals surface area (Å²) >= 11 is 0. The Bertz CT molecular complexity index is 1380. The fourth-order valence-corrected chi connectivity index (χ4v) is 6.92. The molecule has 0 radical (unpaired) electrons. The van der Waals surface area contributed by atoms with Crippen LogP contribution in [0.3, 0.4) is 0 Å². The number of hydrogen-bond donors (Lipinski definition) is 6. The van der Waals surface area contributed by atoms with E-state index in [-0.39, 0.29) is 45.5 Å². The number of primary amides is 1. The fourth-order valence-electron chi connectivity index (χ4n) is 6.92. The van der Waals surface area contributed by atoms with E-state index in [0.717, 1.165) is 24.2 Å². The Labute approximate surface area is 242 Å². The molecule has 0 unspecified atom stereocenters. The van der Waals surface area contributed by atoms with Gasteiger partial charge in [0.2, 0.25) is 0 Å². The monoisotopic (exact) mass is 566 g/mol. The molecule has 0 saturated heterocycles. The van der Waals surface area contributed by atoms with E-state index >= 15 is 0 Å². The summed E-state index contributed by atoms with van der Waals surface area (Å²) in [5.74, 6) is -4.05. The Kier molecular flexibility index (Phi) is 7.96. The molecule has 41 heavy (non-hydrogen) atoms. The van der Waals surface area contributed by atoms with Crippen LogP contribution in [0.4, 0.5) is 5.69 Å². The fraction of sp³-hybridized carbons (Fsp3) is 0.567. The van der Waals surface area contributed by atoms with Crippen LogP contribution in [0.25, 0.3) is 0 Å². The SMILES string of the molecule is B=C1C(C(N)=O)=C(O)[C@@H](N(C)C)[C@@H]2C[C@@H]3Cc4c(c(O)cc(CNCCC(C)(C)C)c4N(C)C)C(=O)C3=C(O)[C@]12O. The second kappa shape index (κ2) is 10.6. The number of benzene rings is 1. The Morgan fingerprint density at radius 2 is 1.83 bits per heavy atom. The van der Waals surface area contributed by atoms with Gasteiger partial charge in [-0.3, -0.25) is 0 Å². The van der Waals surface area contributed by atoms with Gasteiger partial charge in [0, 0.05) is 0 Å². The number of aromatic hydroxyl groups is 1. The van der Waals surface area contributed by atoms with Gasteiger partial charge in [-0.2, -0.15) is 0 Å². The van der Waals surface area contributed by atoms with Crippen LogP contribution < -0.4 is 16.0 Å². The van der Waals surface area contributed by atoms with Gasteiger partial charge in [0.05, 0.1) is 0 Å². The molecule has 4 atom stereocenters. The van der Waals surface area contributed by atoms with Crippen molar-refractivity contribution in [2.75, 3.05) is 39.6 Å². The molecule has 11 heteroatoms. The molecule has 3 aliphatic carbocycles. The van der Waals surface area contributed by atoms with Crippen molar-refractivity contribution in [3.63, 3.8) is 0 Å². The topological polar surface area (TPSA) is 160 Å². The first-order chi connectivity index (χ1) is 18.9. The van der Waals surface area contributed by atoms with Crippen LogP contribution in [0.2, 0.25) is 0 Å². The molecule has 1 aromatic rings. The number of anilines is 1. The molecule has 0 aliphatic heterocycles. The van der Waals surface area contributed by atoms with Crippen molar-refractivity contribution in [2.24, 2.45) is 23.0 Å². The summed E-state index contributed by atoms with van der Waals surface area (Å²) in [6.45, 7) is 7.81. The van der Waals surface area contributed by atoms with E-state index in [4.69, 9.17) is 5.73 Å². The molecule has 7 N–H and O–H groups in total. The zero-order valence-corrected chi connectivity index (χ0v) is 25.1. The van der Waals surface area contributed by atoms with Crippen LogP contribution in [0, 0.1) is 17.3 Å². The first-order valence-electron chi connectivity index (χ1n) is 14.0. The number of nitrogens with one attached hydrogen (secondary N) is 1. The van der Waals surface area contributed by atoms with E-state index in [1.807, 2.05) is 19.0 Å². The van der Waals surface area contributed by atoms with Crippen molar-refractivity contribution in [3.8, 4) is 5.75 Å². The van der Waals surface area contributed by atoms with Gasteiger partial charge < -0.3 is 0 Å². The first-order valence-corrected chi connectivity index (χ1v) is 14.0. The Balaban J connectivity index is 1.84. The average Bonchev–Trinajstić information content (AvgIpc) is 2.82. The summed E-state index contributed by atoms with van der Waals surface area (Å²) in [6.07, 6.45) is 1.50. The number of nitrogens with zero attached hydrogens (tertiary/aromatic N) is 2. The van der Waals surface area contributed by atoms with Gasteiger partial charge in [0.15, 0.2) is 0 Å². The Morgan fingerprint density at radius 1 is 1.20 bits per heavy atom. The number of phenols is 1. The molecule has 0 bridgehead atoms. The van der Waals surface area contributed by atoms with Gasteiger partial charge in [-0.15, -0.1) is 0 Å². The number of amides is 1. The molecule has 0 saturated carbocycles. The molecule has 0 spiro atoms. The zero-order chi connectivity index (χ0) is 30.8. The maximum absolute atomic E-state index is 14.0. The van der Waals surface area contributed by atoms with E-state index in [2.05, 4.69) is 33.6 Å². The molecule has 3 aliphatic rings. The third kappa shape index (κ3) is 4.98. The van der Waals surface area contributed by atoms with Crippen molar-refractivity contribution in [1.29, 1.82) is 0 Å². The minimum atomic E-state index is -2.21. The summed E-state index contributed by atoms with van der Waals surface area (Å²) in [5.41, 5.74) is 5.32. The summed E-state index contributed by atoms with van der Waals surface area (Å²) in [6, 6.07) is 0.718. The van der Waals surface area contributed by atoms with Gasteiger partial charge in [-0.05, 0) is 11.8 Å². The minimum absolute atomic E-state index is 0.0174. The molecular formula is C30H43BN4O6. The van der Waals surface area contributed by atoms with Crippen molar-refractivity contribution in [2.45, 2.75) is 58.2 Å². The number of likely N-dealkylation sites (N-methyl/N-ethyl adjacent to an activating group) is 1. The molecule has 222 valence electrons. The van der Waals surface area contributed by atoms with Gasteiger partial charge in [-0.25, -0.2) is 0 Å². The number of rotatable bonds is 7. The molecule has 0 heterocycles. The molecule has 10 nitrogen and oxygen atoms in total. The second-order valence-electron chi connectivity index (χ2n) is 13.3. The molecule has 0 fully saturated rings. The summed E-state index contributed by atoms with van der Waals surface area (Å²) in [7, 11) is 11.0. The van der Waals surface area contributed by atoms with Crippen molar-refractivity contribution < 1.29 is 30.0 Å². The number of allylic oxidation sites excluding steroid dienone is 1. The Morgan fingerprint density at radius 3 is 2.37 bits per heavy atom. The van der Waals surface area contributed by atoms with Crippen LogP contribution in [-0.2, 0) is 17.8 Å². The van der Waals surface area contributed by atoms with Crippen molar-refractivity contribution in [1.82, 2.24) is 10.2 Å². The summed E-state index contributed by atoms with van der Waals surface area (Å²) in [4.78, 5) is 29.9. The maximum atomic E-state index is 14.0. The summed E-state index contributed by atoms with van der Waals surface area (Å²) < 4.78 is 0. The number of aliphatic hydroxyl groups excluding tert-OH is 2. The van der Waals surface area contributed by atoms with Gasteiger partial charge in [0.1, 0.15) is 0 Å². The van der Waals surface area contributed by atoms with Crippen LogP contribution in [-0.4, -0.2) is 96.3 Å². The second-order valence-corrected chi connectivity index (χ2v) is 13.3. The Hall–Kier alpha value is -3.15. The van der Waals surface area contributed by atoms with E-state index < -0.39 is 40.9 Å². The number of carbonyl (C=O) groups excluding carboxylic acids is 2. The van der Waals surface area contributed by atoms with Crippen LogP contribution >= 0.6 is 0 Å². The number of nitrogens with two attached hydrogens (primary N) is 1. The number of Topliss-reactive ketones (excluding diaryl/α,β-unsaturated/α-hetero) is 1. The van der Waals surface area contributed by atoms with Gasteiger partial charge in [0.25, 0.3) is 0 Å². The predicted octanol–water partition coefficient (Wildman–Crippen LogP) is 1.22. The van der Waals surface area contributed by atoms with Crippen LogP contribution in [0.15, 0.2) is 28.7 Å². The third-order valence-electron chi connectivity index (χ3n) is 8.78. The van der Waals surface area contributed by atoms with E-state index in [1.54, 1.807) is 25.1 Å². The van der Waals surface area contributed by atoms with E-state index in [0.29, 0.717) is 18.5 Å². The third-order valence-corrected chi connectivity index (χ3v) is 8.78. The van der Waals surface area contributed by atoms with Gasteiger partial charge in [-0.1, -0.05) is 20.8 Å². The number of ketones is 1. The number of hydrogen-bond acceptors (Lipinski definition) is 9. The summed E-state index contributed by atoms with van der Waals surface area (Å²) in [5, 5.41) is 49.3. The van der Waals surface area contributed by atoms with Gasteiger partial charge >= 0.3 is 210 Å². The molecular weight excluding hydrogens is 523 g/mol. The zero-order valence-electron chi connectivity index (χ0n) is 25.1. The average molecular weight is 567 g/mol. The van der Waals surface area contributed by atoms with Crippen molar-refractivity contribution >= 4 is 30.3 Å². The molecule has 0 aromatic heterocycles. The standard InChI is InChI=1S/C30H43BN4O6/c1-29(2,3)8-9-33-13-15-12-18(36)20-16(22(15)34(4)5)10-14-11-17-23(35(6)7)25(38)21(28(32)40)26(31)30(17,41)27(39)19(14)24(20)37/h12,14,17,23,31,33,36,38-39,41H,8-11,13H2,1-7H3,(H2,32,40)/t14-,17-,23-,30+/m0/s1. The number of aliphatic hydroxyl groups is 3. The van der Waals surface area contributed by atoms with Crippen LogP contribution in [0.1, 0.15) is 55.1 Å². The normalized spacial score (nSPS) is 26.2. The van der Waals surface area contributed by atoms with E-state index in [1.165, 1.54) is 0 Å². The number of fused-ring (bicyclic) bond motifs is 3. The first kappa shape index (κ1) is 30.8. The van der Waals surface area contributed by atoms with Crippen molar-refractivity contribution in [3.05, 3.63) is 45.4 Å². The predicted molar refractivity (Wildman–Crippen MR) is 161 cm³/mol. The molecule has 1 aromatic carbocycles. The van der Waals surface area contributed by atoms with Crippen LogP contribution in [0.5, 0.6) is 5.75 Å². The molecule has 1 amide bonds. The quantitative estimate of drug-likeness (QED) is 0.211. The number of carbonyl (C=O) groups is 2. The molecule has 4 rings (SSSR count). The number of phenolic OH excluding ortho intramolecular Hbond substituents is 1.